The van der Waals surface area contributed by atoms with E-state index >= 15 is 0 Å². The standard InChI is InChI=1S/C5H6OTe/c6-4-5-2-1-3-7-5/h1-4H,7H2. The molecule has 1 aliphatic rings. The third kappa shape index (κ3) is 1.15. The predicted octanol–water partition coefficient (Wildman–Crippen LogP) is -0.235. The molecule has 0 atom stereocenters. The van der Waals surface area contributed by atoms with Gasteiger partial charge in [-0.15, -0.1) is 0 Å². The molecule has 0 saturated carbocycles. The van der Waals surface area contributed by atoms with Crippen LogP contribution in [0.5, 0.6) is 0 Å². The maximum absolute atomic E-state index is 9.94. The van der Waals surface area contributed by atoms with Crippen LogP contribution in [0.1, 0.15) is 0 Å². The molecule has 0 aliphatic carbocycles. The van der Waals surface area contributed by atoms with E-state index < -0.39 is 20.9 Å². The molecule has 1 rings (SSSR count). The minimum absolute atomic E-state index is 0.466. The fraction of sp³-hybridized carbons (Fsp3) is 0. The molecular formula is C5H6OTe. The van der Waals surface area contributed by atoms with E-state index in [4.69, 9.17) is 0 Å². The number of hydrogen-bond acceptors (Lipinski definition) is 1. The van der Waals surface area contributed by atoms with E-state index in [0.29, 0.717) is 0 Å². The summed E-state index contributed by atoms with van der Waals surface area (Å²) in [4.78, 5) is 9.94. The third-order valence-electron chi connectivity index (χ3n) is 0.749. The van der Waals surface area contributed by atoms with Crippen molar-refractivity contribution in [2.75, 3.05) is 0 Å². The van der Waals surface area contributed by atoms with Gasteiger partial charge in [-0.2, -0.15) is 0 Å². The van der Waals surface area contributed by atoms with Crippen LogP contribution in [-0.2, 0) is 4.79 Å². The van der Waals surface area contributed by atoms with Gasteiger partial charge in [-0.1, -0.05) is 0 Å². The van der Waals surface area contributed by atoms with Crippen LogP contribution in [0.4, 0.5) is 0 Å². The van der Waals surface area contributed by atoms with Gasteiger partial charge < -0.3 is 0 Å². The summed E-state index contributed by atoms with van der Waals surface area (Å²) in [5, 5.41) is 0. The van der Waals surface area contributed by atoms with Gasteiger partial charge >= 0.3 is 51.9 Å². The van der Waals surface area contributed by atoms with Crippen LogP contribution in [0.15, 0.2) is 19.9 Å². The fourth-order valence-corrected chi connectivity index (χ4v) is 2.26. The zero-order chi connectivity index (χ0) is 5.11. The van der Waals surface area contributed by atoms with Crippen LogP contribution in [0.25, 0.3) is 0 Å². The van der Waals surface area contributed by atoms with Gasteiger partial charge in [0.15, 0.2) is 0 Å². The van der Waals surface area contributed by atoms with Gasteiger partial charge in [0.2, 0.25) is 0 Å². The number of carbonyl (C=O) groups is 1. The maximum atomic E-state index is 9.94. The quantitative estimate of drug-likeness (QED) is 0.431. The SMILES string of the molecule is O=CC1=CC=C[TeH2]1. The molecule has 0 fully saturated rings. The van der Waals surface area contributed by atoms with Crippen LogP contribution in [0.2, 0.25) is 0 Å². The Hall–Kier alpha value is -0.0604. The first-order chi connectivity index (χ1) is 3.43. The second-order valence-corrected chi connectivity index (χ2v) is 4.67. The topological polar surface area (TPSA) is 17.1 Å². The predicted molar refractivity (Wildman–Crippen MR) is 31.8 cm³/mol. The van der Waals surface area contributed by atoms with Crippen molar-refractivity contribution in [2.24, 2.45) is 0 Å². The second kappa shape index (κ2) is 2.30. The van der Waals surface area contributed by atoms with Crippen molar-refractivity contribution in [1.82, 2.24) is 0 Å². The number of hydrogen-bond donors (Lipinski definition) is 0. The summed E-state index contributed by atoms with van der Waals surface area (Å²) < 4.78 is 3.18. The Kier molecular flexibility index (Phi) is 1.67. The molecule has 1 nitrogen and oxygen atoms in total. The zero-order valence-corrected chi connectivity index (χ0v) is 6.57. The zero-order valence-electron chi connectivity index (χ0n) is 3.72. The van der Waals surface area contributed by atoms with E-state index in [9.17, 15) is 4.79 Å². The Bertz CT molecular complexity index is 135. The Labute approximate surface area is 52.2 Å². The van der Waals surface area contributed by atoms with Gasteiger partial charge in [0, 0.05) is 0 Å². The summed E-state index contributed by atoms with van der Waals surface area (Å²) in [5.74, 6) is 0. The van der Waals surface area contributed by atoms with Crippen molar-refractivity contribution in [3.63, 3.8) is 0 Å². The minimum atomic E-state index is -0.466. The van der Waals surface area contributed by atoms with E-state index in [-0.39, 0.29) is 0 Å². The van der Waals surface area contributed by atoms with Gasteiger partial charge in [-0.3, -0.25) is 0 Å². The molecule has 0 saturated heterocycles. The van der Waals surface area contributed by atoms with Gasteiger partial charge in [-0.05, 0) is 0 Å². The van der Waals surface area contributed by atoms with E-state index in [1.807, 2.05) is 12.2 Å². The van der Waals surface area contributed by atoms with Gasteiger partial charge in [0.05, 0.1) is 0 Å². The van der Waals surface area contributed by atoms with Crippen LogP contribution in [-0.4, -0.2) is 27.2 Å². The Morgan fingerprint density at radius 2 is 2.57 bits per heavy atom. The molecule has 1 aliphatic heterocycles. The molecule has 0 aromatic heterocycles. The Morgan fingerprint density at radius 1 is 1.71 bits per heavy atom. The van der Waals surface area contributed by atoms with Crippen molar-refractivity contribution in [1.29, 1.82) is 0 Å². The first kappa shape index (κ1) is 5.08. The first-order valence-electron chi connectivity index (χ1n) is 2.02. The van der Waals surface area contributed by atoms with Crippen LogP contribution < -0.4 is 0 Å². The first-order valence-corrected chi connectivity index (χ1v) is 5.09. The van der Waals surface area contributed by atoms with Gasteiger partial charge in [0.25, 0.3) is 0 Å². The van der Waals surface area contributed by atoms with Crippen molar-refractivity contribution < 1.29 is 4.79 Å². The molecule has 0 bridgehead atoms. The Morgan fingerprint density at radius 3 is 2.86 bits per heavy atom. The molecule has 2 heteroatoms. The average Bonchev–Trinajstić information content (AvgIpc) is 2.14. The summed E-state index contributed by atoms with van der Waals surface area (Å²) >= 11 is -0.466. The van der Waals surface area contributed by atoms with Crippen molar-refractivity contribution >= 4 is 27.2 Å². The second-order valence-electron chi connectivity index (χ2n) is 1.24. The van der Waals surface area contributed by atoms with E-state index in [1.54, 1.807) is 0 Å². The number of rotatable bonds is 1. The molecule has 0 amide bonds. The van der Waals surface area contributed by atoms with Crippen LogP contribution in [0, 0.1) is 0 Å². The third-order valence-corrected chi connectivity index (χ3v) is 3.54. The van der Waals surface area contributed by atoms with Gasteiger partial charge in [-0.25, -0.2) is 0 Å². The monoisotopic (exact) mass is 212 g/mol. The number of carbonyl (C=O) groups excluding carboxylic acids is 1. The van der Waals surface area contributed by atoms with Crippen molar-refractivity contribution in [3.8, 4) is 0 Å². The van der Waals surface area contributed by atoms with E-state index in [1.165, 1.54) is 0 Å². The molecular weight excluding hydrogens is 204 g/mol. The molecule has 7 heavy (non-hydrogen) atoms. The van der Waals surface area contributed by atoms with E-state index in [0.717, 1.165) is 9.91 Å². The normalized spacial score (nSPS) is 22.6. The number of aldehydes is 1. The molecule has 0 aromatic rings. The molecule has 0 spiro atoms. The summed E-state index contributed by atoms with van der Waals surface area (Å²) in [6.45, 7) is 0. The van der Waals surface area contributed by atoms with E-state index in [2.05, 4.69) is 4.12 Å². The molecule has 0 aromatic carbocycles. The average molecular weight is 210 g/mol. The van der Waals surface area contributed by atoms with Crippen LogP contribution >= 0.6 is 0 Å². The van der Waals surface area contributed by atoms with Crippen molar-refractivity contribution in [3.05, 3.63) is 19.9 Å². The molecule has 0 radical (unpaired) electrons. The van der Waals surface area contributed by atoms with Gasteiger partial charge in [0.1, 0.15) is 0 Å². The van der Waals surface area contributed by atoms with Crippen LogP contribution in [0.3, 0.4) is 0 Å². The molecule has 38 valence electrons. The Balaban J connectivity index is 2.61. The molecule has 0 N–H and O–H groups in total. The summed E-state index contributed by atoms with van der Waals surface area (Å²) in [5.41, 5.74) is 0. The summed E-state index contributed by atoms with van der Waals surface area (Å²) in [6.07, 6.45) is 4.83. The summed E-state index contributed by atoms with van der Waals surface area (Å²) in [6, 6.07) is 0. The molecule has 0 unspecified atom stereocenters. The molecule has 1 heterocycles. The number of allylic oxidation sites excluding steroid dienone is 3. The fourth-order valence-electron chi connectivity index (χ4n) is 0.418. The summed E-state index contributed by atoms with van der Waals surface area (Å²) in [7, 11) is 0. The van der Waals surface area contributed by atoms with Crippen molar-refractivity contribution in [2.45, 2.75) is 0 Å².